The van der Waals surface area contributed by atoms with Crippen molar-refractivity contribution in [3.05, 3.63) is 93.7 Å². The van der Waals surface area contributed by atoms with Crippen molar-refractivity contribution in [3.8, 4) is 22.6 Å². The molecule has 7 heteroatoms. The average molecular weight is 420 g/mol. The van der Waals surface area contributed by atoms with Crippen LogP contribution >= 0.6 is 15.9 Å². The number of benzene rings is 1. The SMILES string of the molecule is O=c1ccc(-c2cccnc2)nn1Cc1cccc(-c2ncc(Br)cn2)c1. The van der Waals surface area contributed by atoms with Gasteiger partial charge in [-0.15, -0.1) is 0 Å². The highest BCUT2D eigenvalue weighted by atomic mass is 79.9. The van der Waals surface area contributed by atoms with Crippen molar-refractivity contribution in [1.29, 1.82) is 0 Å². The number of rotatable bonds is 4. The molecule has 0 aliphatic carbocycles. The fraction of sp³-hybridized carbons (Fsp3) is 0.0500. The maximum atomic E-state index is 12.3. The molecule has 132 valence electrons. The summed E-state index contributed by atoms with van der Waals surface area (Å²) < 4.78 is 2.27. The van der Waals surface area contributed by atoms with E-state index in [2.05, 4.69) is 36.0 Å². The Morgan fingerprint density at radius 2 is 1.74 bits per heavy atom. The number of pyridine rings is 1. The molecule has 27 heavy (non-hydrogen) atoms. The smallest absolute Gasteiger partial charge is 0.267 e. The van der Waals surface area contributed by atoms with Gasteiger partial charge in [-0.1, -0.05) is 18.2 Å². The molecule has 0 fully saturated rings. The normalized spacial score (nSPS) is 10.7. The zero-order valence-electron chi connectivity index (χ0n) is 14.2. The van der Waals surface area contributed by atoms with E-state index in [0.29, 0.717) is 18.1 Å². The number of hydrogen-bond acceptors (Lipinski definition) is 5. The van der Waals surface area contributed by atoms with E-state index in [1.165, 1.54) is 10.7 Å². The van der Waals surface area contributed by atoms with Gasteiger partial charge in [0.15, 0.2) is 5.82 Å². The van der Waals surface area contributed by atoms with Crippen LogP contribution in [-0.4, -0.2) is 24.7 Å². The van der Waals surface area contributed by atoms with E-state index in [9.17, 15) is 4.79 Å². The molecule has 0 radical (unpaired) electrons. The van der Waals surface area contributed by atoms with Crippen LogP contribution < -0.4 is 5.56 Å². The summed E-state index contributed by atoms with van der Waals surface area (Å²) in [5, 5.41) is 4.48. The molecule has 0 bridgehead atoms. The molecule has 3 heterocycles. The second-order valence-electron chi connectivity index (χ2n) is 5.88. The highest BCUT2D eigenvalue weighted by molar-refractivity contribution is 9.10. The second kappa shape index (κ2) is 7.59. The molecule has 6 nitrogen and oxygen atoms in total. The zero-order chi connectivity index (χ0) is 18.6. The molecular weight excluding hydrogens is 406 g/mol. The Morgan fingerprint density at radius 3 is 2.52 bits per heavy atom. The number of halogens is 1. The van der Waals surface area contributed by atoms with E-state index in [-0.39, 0.29) is 5.56 Å². The first-order valence-corrected chi connectivity index (χ1v) is 9.04. The summed E-state index contributed by atoms with van der Waals surface area (Å²) >= 11 is 3.33. The van der Waals surface area contributed by atoms with Gasteiger partial charge < -0.3 is 0 Å². The van der Waals surface area contributed by atoms with Crippen LogP contribution in [0.4, 0.5) is 0 Å². The molecule has 0 spiro atoms. The van der Waals surface area contributed by atoms with Crippen LogP contribution in [0.25, 0.3) is 22.6 Å². The fourth-order valence-electron chi connectivity index (χ4n) is 2.67. The summed E-state index contributed by atoms with van der Waals surface area (Å²) in [7, 11) is 0. The fourth-order valence-corrected chi connectivity index (χ4v) is 2.88. The highest BCUT2D eigenvalue weighted by Crippen LogP contribution is 2.18. The van der Waals surface area contributed by atoms with Gasteiger partial charge in [-0.3, -0.25) is 9.78 Å². The standard InChI is InChI=1S/C20H14BrN5O/c21-17-11-23-20(24-12-17)15-4-1-3-14(9-15)13-26-19(27)7-6-18(25-26)16-5-2-8-22-10-16/h1-12H,13H2. The van der Waals surface area contributed by atoms with Crippen molar-refractivity contribution in [1.82, 2.24) is 24.7 Å². The van der Waals surface area contributed by atoms with Crippen LogP contribution in [0.2, 0.25) is 0 Å². The van der Waals surface area contributed by atoms with Crippen molar-refractivity contribution in [3.63, 3.8) is 0 Å². The summed E-state index contributed by atoms with van der Waals surface area (Å²) in [5.41, 5.74) is 3.24. The van der Waals surface area contributed by atoms with Gasteiger partial charge in [0, 0.05) is 42.0 Å². The molecule has 0 atom stereocenters. The van der Waals surface area contributed by atoms with E-state index >= 15 is 0 Å². The van der Waals surface area contributed by atoms with Crippen molar-refractivity contribution < 1.29 is 0 Å². The minimum atomic E-state index is -0.159. The maximum Gasteiger partial charge on any atom is 0.267 e. The average Bonchev–Trinajstić information content (AvgIpc) is 2.71. The molecule has 1 aromatic carbocycles. The van der Waals surface area contributed by atoms with E-state index in [0.717, 1.165) is 21.2 Å². The molecule has 3 aromatic heterocycles. The van der Waals surface area contributed by atoms with E-state index < -0.39 is 0 Å². The lowest BCUT2D eigenvalue weighted by atomic mass is 10.1. The Balaban J connectivity index is 1.65. The largest absolute Gasteiger partial charge is 0.268 e. The summed E-state index contributed by atoms with van der Waals surface area (Å²) in [4.78, 5) is 25.0. The Hall–Kier alpha value is -3.19. The van der Waals surface area contributed by atoms with E-state index in [1.807, 2.05) is 36.4 Å². The molecule has 4 rings (SSSR count). The number of nitrogens with zero attached hydrogens (tertiary/aromatic N) is 5. The quantitative estimate of drug-likeness (QED) is 0.505. The van der Waals surface area contributed by atoms with Gasteiger partial charge >= 0.3 is 0 Å². The van der Waals surface area contributed by atoms with Gasteiger partial charge in [-0.25, -0.2) is 14.6 Å². The van der Waals surface area contributed by atoms with Crippen molar-refractivity contribution in [2.24, 2.45) is 0 Å². The first kappa shape index (κ1) is 17.2. The van der Waals surface area contributed by atoms with Crippen molar-refractivity contribution in [2.45, 2.75) is 6.54 Å². The van der Waals surface area contributed by atoms with Gasteiger partial charge in [0.05, 0.1) is 16.7 Å². The van der Waals surface area contributed by atoms with Crippen LogP contribution in [0.15, 0.2) is 82.6 Å². The predicted octanol–water partition coefficient (Wildman–Crippen LogP) is 3.57. The topological polar surface area (TPSA) is 73.6 Å². The Labute approximate surface area is 163 Å². The monoisotopic (exact) mass is 419 g/mol. The Kier molecular flexibility index (Phi) is 4.84. The van der Waals surface area contributed by atoms with Crippen LogP contribution in [0, 0.1) is 0 Å². The summed E-state index contributed by atoms with van der Waals surface area (Å²) in [5.74, 6) is 0.629. The van der Waals surface area contributed by atoms with Gasteiger partial charge in [-0.2, -0.15) is 5.10 Å². The lowest BCUT2D eigenvalue weighted by Gasteiger charge is -2.08. The van der Waals surface area contributed by atoms with E-state index in [1.54, 1.807) is 30.9 Å². The third kappa shape index (κ3) is 3.98. The minimum absolute atomic E-state index is 0.159. The first-order valence-electron chi connectivity index (χ1n) is 8.24. The van der Waals surface area contributed by atoms with Gasteiger partial charge in [0.2, 0.25) is 0 Å². The first-order chi connectivity index (χ1) is 13.2. The molecule has 0 amide bonds. The van der Waals surface area contributed by atoms with Crippen LogP contribution in [-0.2, 0) is 6.54 Å². The summed E-state index contributed by atoms with van der Waals surface area (Å²) in [6, 6.07) is 14.8. The Morgan fingerprint density at radius 1 is 0.926 bits per heavy atom. The zero-order valence-corrected chi connectivity index (χ0v) is 15.7. The van der Waals surface area contributed by atoms with Gasteiger partial charge in [-0.05, 0) is 45.8 Å². The molecule has 0 aliphatic heterocycles. The molecule has 0 unspecified atom stereocenters. The maximum absolute atomic E-state index is 12.3. The molecule has 0 saturated carbocycles. The van der Waals surface area contributed by atoms with Crippen molar-refractivity contribution in [2.75, 3.05) is 0 Å². The third-order valence-electron chi connectivity index (χ3n) is 3.96. The van der Waals surface area contributed by atoms with E-state index in [4.69, 9.17) is 0 Å². The summed E-state index contributed by atoms with van der Waals surface area (Å²) in [6.07, 6.45) is 6.84. The lowest BCUT2D eigenvalue weighted by molar-refractivity contribution is 0.643. The highest BCUT2D eigenvalue weighted by Gasteiger charge is 2.07. The van der Waals surface area contributed by atoms with Gasteiger partial charge in [0.1, 0.15) is 0 Å². The van der Waals surface area contributed by atoms with Crippen LogP contribution in [0.5, 0.6) is 0 Å². The lowest BCUT2D eigenvalue weighted by Crippen LogP contribution is -2.22. The third-order valence-corrected chi connectivity index (χ3v) is 4.37. The van der Waals surface area contributed by atoms with Gasteiger partial charge in [0.25, 0.3) is 5.56 Å². The number of hydrogen-bond donors (Lipinski definition) is 0. The molecule has 4 aromatic rings. The van der Waals surface area contributed by atoms with Crippen LogP contribution in [0.1, 0.15) is 5.56 Å². The number of aromatic nitrogens is 5. The molecular formula is C20H14BrN5O. The van der Waals surface area contributed by atoms with Crippen LogP contribution in [0.3, 0.4) is 0 Å². The Bertz CT molecular complexity index is 1130. The summed E-state index contributed by atoms with van der Waals surface area (Å²) in [6.45, 7) is 0.358. The molecule has 0 N–H and O–H groups in total. The molecule has 0 saturated heterocycles. The van der Waals surface area contributed by atoms with Crippen molar-refractivity contribution >= 4 is 15.9 Å². The second-order valence-corrected chi connectivity index (χ2v) is 6.80. The predicted molar refractivity (Wildman–Crippen MR) is 106 cm³/mol. The minimum Gasteiger partial charge on any atom is -0.268 e. The molecule has 0 aliphatic rings.